The molecule has 0 spiro atoms. The summed E-state index contributed by atoms with van der Waals surface area (Å²) in [4.78, 5) is 24.7. The van der Waals surface area contributed by atoms with Crippen molar-refractivity contribution in [3.63, 3.8) is 0 Å². The molecule has 148 valence electrons. The third-order valence-electron chi connectivity index (χ3n) is 5.12. The molecule has 6 nitrogen and oxygen atoms in total. The molecule has 3 rings (SSSR count). The summed E-state index contributed by atoms with van der Waals surface area (Å²) in [6, 6.07) is 17.2. The van der Waals surface area contributed by atoms with Crippen molar-refractivity contribution in [2.45, 2.75) is 32.3 Å². The summed E-state index contributed by atoms with van der Waals surface area (Å²) in [5, 5.41) is 10.2. The van der Waals surface area contributed by atoms with Crippen LogP contribution in [-0.4, -0.2) is 42.1 Å². The van der Waals surface area contributed by atoms with Crippen LogP contribution in [0.4, 0.5) is 0 Å². The molecule has 0 aliphatic carbocycles. The SMILES string of the molecule is CC1C(O)OC(COC(=O)c2ccccc2)C(OC(=O)c2ccccc2)C1C. The molecule has 5 unspecified atom stereocenters. The van der Waals surface area contributed by atoms with Crippen molar-refractivity contribution in [1.29, 1.82) is 0 Å². The lowest BCUT2D eigenvalue weighted by Crippen LogP contribution is -2.53. The Balaban J connectivity index is 1.70. The lowest BCUT2D eigenvalue weighted by Gasteiger charge is -2.41. The molecule has 1 heterocycles. The van der Waals surface area contributed by atoms with Gasteiger partial charge in [-0.1, -0.05) is 50.2 Å². The number of carbonyl (C=O) groups excluding carboxylic acids is 2. The summed E-state index contributed by atoms with van der Waals surface area (Å²) >= 11 is 0. The molecular weight excluding hydrogens is 360 g/mol. The van der Waals surface area contributed by atoms with Gasteiger partial charge in [-0.25, -0.2) is 9.59 Å². The summed E-state index contributed by atoms with van der Waals surface area (Å²) in [6.45, 7) is 3.57. The molecule has 6 heteroatoms. The zero-order valence-electron chi connectivity index (χ0n) is 15.9. The van der Waals surface area contributed by atoms with E-state index in [9.17, 15) is 14.7 Å². The molecule has 2 aromatic rings. The molecule has 0 aromatic heterocycles. The number of esters is 2. The number of carbonyl (C=O) groups is 2. The van der Waals surface area contributed by atoms with Crippen LogP contribution in [-0.2, 0) is 14.2 Å². The molecule has 1 fully saturated rings. The first-order valence-electron chi connectivity index (χ1n) is 9.29. The van der Waals surface area contributed by atoms with E-state index in [4.69, 9.17) is 14.2 Å². The van der Waals surface area contributed by atoms with Crippen LogP contribution in [0.2, 0.25) is 0 Å². The molecule has 2 aromatic carbocycles. The fourth-order valence-corrected chi connectivity index (χ4v) is 3.18. The Labute approximate surface area is 164 Å². The largest absolute Gasteiger partial charge is 0.459 e. The summed E-state index contributed by atoms with van der Waals surface area (Å²) in [5.74, 6) is -1.41. The Hall–Kier alpha value is -2.70. The number of aliphatic hydroxyl groups is 1. The quantitative estimate of drug-likeness (QED) is 0.798. The highest BCUT2D eigenvalue weighted by Gasteiger charge is 2.43. The summed E-state index contributed by atoms with van der Waals surface area (Å²) in [5.41, 5.74) is 0.839. The van der Waals surface area contributed by atoms with Gasteiger partial charge in [-0.3, -0.25) is 0 Å². The van der Waals surface area contributed by atoms with Gasteiger partial charge in [0.1, 0.15) is 18.8 Å². The average Bonchev–Trinajstić information content (AvgIpc) is 2.73. The standard InChI is InChI=1S/C22H24O6/c1-14-15(2)20(23)27-18(13-26-21(24)16-9-5-3-6-10-16)19(14)28-22(25)17-11-7-4-8-12-17/h3-12,14-15,18-20,23H,13H2,1-2H3. The van der Waals surface area contributed by atoms with E-state index in [-0.39, 0.29) is 18.4 Å². The Kier molecular flexibility index (Phi) is 6.44. The van der Waals surface area contributed by atoms with E-state index in [2.05, 4.69) is 0 Å². The maximum absolute atomic E-state index is 12.5. The molecular formula is C22H24O6. The fourth-order valence-electron chi connectivity index (χ4n) is 3.18. The van der Waals surface area contributed by atoms with Gasteiger partial charge in [-0.15, -0.1) is 0 Å². The van der Waals surface area contributed by atoms with Crippen LogP contribution in [0.15, 0.2) is 60.7 Å². The van der Waals surface area contributed by atoms with E-state index in [1.165, 1.54) is 0 Å². The molecule has 1 aliphatic heterocycles. The third-order valence-corrected chi connectivity index (χ3v) is 5.12. The van der Waals surface area contributed by atoms with E-state index in [1.54, 1.807) is 54.6 Å². The van der Waals surface area contributed by atoms with Crippen molar-refractivity contribution < 1.29 is 28.9 Å². The Bertz CT molecular complexity index is 791. The van der Waals surface area contributed by atoms with Crippen LogP contribution in [0.1, 0.15) is 34.6 Å². The number of ether oxygens (including phenoxy) is 3. The molecule has 1 saturated heterocycles. The van der Waals surface area contributed by atoms with E-state index in [1.807, 2.05) is 19.9 Å². The second-order valence-electron chi connectivity index (χ2n) is 6.98. The number of benzene rings is 2. The topological polar surface area (TPSA) is 82.1 Å². The summed E-state index contributed by atoms with van der Waals surface area (Å²) in [6.07, 6.45) is -2.45. The number of aliphatic hydroxyl groups excluding tert-OH is 1. The first-order chi connectivity index (χ1) is 13.5. The highest BCUT2D eigenvalue weighted by Crippen LogP contribution is 2.32. The van der Waals surface area contributed by atoms with E-state index >= 15 is 0 Å². The molecule has 5 atom stereocenters. The van der Waals surface area contributed by atoms with Gasteiger partial charge in [0.2, 0.25) is 0 Å². The fraction of sp³-hybridized carbons (Fsp3) is 0.364. The van der Waals surface area contributed by atoms with Crippen molar-refractivity contribution >= 4 is 11.9 Å². The van der Waals surface area contributed by atoms with Crippen LogP contribution in [0.3, 0.4) is 0 Å². The minimum absolute atomic E-state index is 0.130. The maximum Gasteiger partial charge on any atom is 0.338 e. The highest BCUT2D eigenvalue weighted by molar-refractivity contribution is 5.90. The number of rotatable bonds is 5. The van der Waals surface area contributed by atoms with Crippen molar-refractivity contribution in [2.24, 2.45) is 11.8 Å². The van der Waals surface area contributed by atoms with Crippen molar-refractivity contribution in [3.8, 4) is 0 Å². The van der Waals surface area contributed by atoms with Crippen LogP contribution in [0, 0.1) is 11.8 Å². The van der Waals surface area contributed by atoms with E-state index in [0.717, 1.165) is 0 Å². The second-order valence-corrected chi connectivity index (χ2v) is 6.98. The van der Waals surface area contributed by atoms with Crippen molar-refractivity contribution in [2.75, 3.05) is 6.61 Å². The maximum atomic E-state index is 12.5. The predicted octanol–water partition coefficient (Wildman–Crippen LogP) is 3.06. The monoisotopic (exact) mass is 384 g/mol. The third kappa shape index (κ3) is 4.58. The van der Waals surface area contributed by atoms with Gasteiger partial charge >= 0.3 is 11.9 Å². The second kappa shape index (κ2) is 8.99. The van der Waals surface area contributed by atoms with Crippen LogP contribution in [0.25, 0.3) is 0 Å². The first-order valence-corrected chi connectivity index (χ1v) is 9.29. The van der Waals surface area contributed by atoms with Gasteiger partial charge in [0, 0.05) is 11.8 Å². The smallest absolute Gasteiger partial charge is 0.338 e. The molecule has 0 radical (unpaired) electrons. The highest BCUT2D eigenvalue weighted by atomic mass is 16.6. The van der Waals surface area contributed by atoms with Crippen LogP contribution >= 0.6 is 0 Å². The van der Waals surface area contributed by atoms with Gasteiger partial charge in [-0.2, -0.15) is 0 Å². The lowest BCUT2D eigenvalue weighted by atomic mass is 9.84. The van der Waals surface area contributed by atoms with E-state index < -0.39 is 30.4 Å². The normalized spacial score (nSPS) is 27.0. The van der Waals surface area contributed by atoms with Crippen molar-refractivity contribution in [1.82, 2.24) is 0 Å². The molecule has 1 N–H and O–H groups in total. The summed E-state index contributed by atoms with van der Waals surface area (Å²) in [7, 11) is 0. The Morgan fingerprint density at radius 2 is 1.43 bits per heavy atom. The zero-order chi connectivity index (χ0) is 20.1. The zero-order valence-corrected chi connectivity index (χ0v) is 15.9. The van der Waals surface area contributed by atoms with Crippen LogP contribution in [0.5, 0.6) is 0 Å². The van der Waals surface area contributed by atoms with Crippen molar-refractivity contribution in [3.05, 3.63) is 71.8 Å². The average molecular weight is 384 g/mol. The summed E-state index contributed by atoms with van der Waals surface area (Å²) < 4.78 is 16.6. The van der Waals surface area contributed by atoms with Gasteiger partial charge < -0.3 is 19.3 Å². The van der Waals surface area contributed by atoms with Gasteiger partial charge in [-0.05, 0) is 24.3 Å². The number of hydrogen-bond acceptors (Lipinski definition) is 6. The number of hydrogen-bond donors (Lipinski definition) is 1. The Morgan fingerprint density at radius 3 is 2.00 bits per heavy atom. The van der Waals surface area contributed by atoms with Gasteiger partial charge in [0.05, 0.1) is 11.1 Å². The molecule has 0 bridgehead atoms. The minimum atomic E-state index is -1.03. The van der Waals surface area contributed by atoms with Gasteiger partial charge in [0.15, 0.2) is 6.29 Å². The minimum Gasteiger partial charge on any atom is -0.459 e. The predicted molar refractivity (Wildman–Crippen MR) is 102 cm³/mol. The van der Waals surface area contributed by atoms with Gasteiger partial charge in [0.25, 0.3) is 0 Å². The van der Waals surface area contributed by atoms with Crippen LogP contribution < -0.4 is 0 Å². The first kappa shape index (κ1) is 20.0. The molecule has 0 saturated carbocycles. The Morgan fingerprint density at radius 1 is 0.893 bits per heavy atom. The van der Waals surface area contributed by atoms with E-state index in [0.29, 0.717) is 11.1 Å². The lowest BCUT2D eigenvalue weighted by molar-refractivity contribution is -0.249. The molecule has 0 amide bonds. The molecule has 1 aliphatic rings. The molecule has 28 heavy (non-hydrogen) atoms.